The number of carboxylic acids is 1. The minimum absolute atomic E-state index is 0.157. The van der Waals surface area contributed by atoms with E-state index in [0.29, 0.717) is 15.7 Å². The monoisotopic (exact) mass is 305 g/mol. The van der Waals surface area contributed by atoms with Gasteiger partial charge in [0.2, 0.25) is 0 Å². The maximum Gasteiger partial charge on any atom is 0.337 e. The van der Waals surface area contributed by atoms with Gasteiger partial charge in [0, 0.05) is 21.6 Å². The smallest absolute Gasteiger partial charge is 0.337 e. The zero-order valence-electron chi connectivity index (χ0n) is 10.2. The summed E-state index contributed by atoms with van der Waals surface area (Å²) in [4.78, 5) is 11.4. The van der Waals surface area contributed by atoms with Crippen LogP contribution in [-0.2, 0) is 0 Å². The van der Waals surface area contributed by atoms with Crippen molar-refractivity contribution in [2.45, 2.75) is 0 Å². The molecule has 0 aliphatic heterocycles. The van der Waals surface area contributed by atoms with E-state index in [9.17, 15) is 9.90 Å². The molecule has 3 aromatic rings. The molecule has 3 nitrogen and oxygen atoms in total. The molecule has 1 heterocycles. The predicted octanol–water partition coefficient (Wildman–Crippen LogP) is 4.64. The van der Waals surface area contributed by atoms with E-state index >= 15 is 0 Å². The van der Waals surface area contributed by atoms with Crippen LogP contribution in [0.5, 0.6) is 0 Å². The molecule has 0 spiro atoms. The Morgan fingerprint density at radius 3 is 2.45 bits per heavy atom. The van der Waals surface area contributed by atoms with Crippen LogP contribution in [0.3, 0.4) is 0 Å². The molecule has 0 unspecified atom stereocenters. The predicted molar refractivity (Wildman–Crippen MR) is 80.3 cm³/mol. The normalized spacial score (nSPS) is 10.9. The highest BCUT2D eigenvalue weighted by Gasteiger charge is 2.14. The van der Waals surface area contributed by atoms with Crippen molar-refractivity contribution in [3.05, 3.63) is 64.3 Å². The summed E-state index contributed by atoms with van der Waals surface area (Å²) in [5, 5.41) is 11.3. The molecular weight excluding hydrogens is 297 g/mol. The first-order valence-corrected chi connectivity index (χ1v) is 6.62. The van der Waals surface area contributed by atoms with Crippen molar-refractivity contribution >= 4 is 40.1 Å². The van der Waals surface area contributed by atoms with Crippen molar-refractivity contribution in [1.82, 2.24) is 4.57 Å². The van der Waals surface area contributed by atoms with Crippen molar-refractivity contribution in [3.63, 3.8) is 0 Å². The lowest BCUT2D eigenvalue weighted by molar-refractivity contribution is 0.0697. The molecule has 5 heteroatoms. The zero-order valence-corrected chi connectivity index (χ0v) is 11.7. The maximum absolute atomic E-state index is 11.4. The topological polar surface area (TPSA) is 42.2 Å². The van der Waals surface area contributed by atoms with Gasteiger partial charge >= 0.3 is 5.97 Å². The molecule has 0 atom stereocenters. The average Bonchev–Trinajstić information content (AvgIpc) is 2.81. The Kier molecular flexibility index (Phi) is 3.16. The number of hydrogen-bond acceptors (Lipinski definition) is 1. The van der Waals surface area contributed by atoms with Crippen LogP contribution in [0.2, 0.25) is 10.0 Å². The number of aromatic carboxylic acids is 1. The Bertz CT molecular complexity index is 824. The Balaban J connectivity index is 2.28. The Morgan fingerprint density at radius 2 is 1.70 bits per heavy atom. The van der Waals surface area contributed by atoms with E-state index in [1.165, 1.54) is 6.07 Å². The molecule has 0 radical (unpaired) electrons. The van der Waals surface area contributed by atoms with E-state index in [1.54, 1.807) is 18.2 Å². The van der Waals surface area contributed by atoms with Crippen LogP contribution in [-0.4, -0.2) is 15.6 Å². The summed E-state index contributed by atoms with van der Waals surface area (Å²) in [7, 11) is 0. The van der Waals surface area contributed by atoms with Gasteiger partial charge in [-0.25, -0.2) is 4.79 Å². The lowest BCUT2D eigenvalue weighted by Crippen LogP contribution is -2.04. The first-order chi connectivity index (χ1) is 9.56. The van der Waals surface area contributed by atoms with Crippen LogP contribution in [0.15, 0.2) is 48.7 Å². The van der Waals surface area contributed by atoms with Crippen molar-refractivity contribution in [2.75, 3.05) is 0 Å². The van der Waals surface area contributed by atoms with E-state index in [2.05, 4.69) is 0 Å². The highest BCUT2D eigenvalue weighted by molar-refractivity contribution is 6.31. The SMILES string of the molecule is O=C(O)c1cc(Cl)ccc1-n1ccc2cc(Cl)ccc21. The fourth-order valence-electron chi connectivity index (χ4n) is 2.21. The summed E-state index contributed by atoms with van der Waals surface area (Å²) in [6.45, 7) is 0. The lowest BCUT2D eigenvalue weighted by Gasteiger charge is -2.09. The van der Waals surface area contributed by atoms with Crippen molar-refractivity contribution in [1.29, 1.82) is 0 Å². The van der Waals surface area contributed by atoms with Gasteiger partial charge in [0.1, 0.15) is 0 Å². The van der Waals surface area contributed by atoms with E-state index < -0.39 is 5.97 Å². The van der Waals surface area contributed by atoms with Gasteiger partial charge in [0.25, 0.3) is 0 Å². The van der Waals surface area contributed by atoms with Crippen molar-refractivity contribution in [3.8, 4) is 5.69 Å². The summed E-state index contributed by atoms with van der Waals surface area (Å²) in [6.07, 6.45) is 1.82. The number of fused-ring (bicyclic) bond motifs is 1. The molecule has 1 aromatic heterocycles. The molecule has 100 valence electrons. The highest BCUT2D eigenvalue weighted by atomic mass is 35.5. The number of nitrogens with zero attached hydrogens (tertiary/aromatic N) is 1. The number of benzene rings is 2. The largest absolute Gasteiger partial charge is 0.478 e. The first-order valence-electron chi connectivity index (χ1n) is 5.86. The third-order valence-corrected chi connectivity index (χ3v) is 3.57. The van der Waals surface area contributed by atoms with E-state index in [1.807, 2.05) is 29.0 Å². The quantitative estimate of drug-likeness (QED) is 0.749. The van der Waals surface area contributed by atoms with Crippen LogP contribution < -0.4 is 0 Å². The molecule has 0 fully saturated rings. The second kappa shape index (κ2) is 4.85. The summed E-state index contributed by atoms with van der Waals surface area (Å²) >= 11 is 11.8. The molecule has 0 amide bonds. The minimum Gasteiger partial charge on any atom is -0.478 e. The van der Waals surface area contributed by atoms with Crippen LogP contribution in [0.4, 0.5) is 0 Å². The van der Waals surface area contributed by atoms with Crippen LogP contribution in [0, 0.1) is 0 Å². The molecule has 0 aliphatic carbocycles. The molecule has 3 rings (SSSR count). The Labute approximate surface area is 125 Å². The van der Waals surface area contributed by atoms with E-state index in [0.717, 1.165) is 10.9 Å². The first kappa shape index (κ1) is 13.0. The maximum atomic E-state index is 11.4. The average molecular weight is 306 g/mol. The molecule has 0 bridgehead atoms. The number of halogens is 2. The highest BCUT2D eigenvalue weighted by Crippen LogP contribution is 2.27. The number of hydrogen-bond donors (Lipinski definition) is 1. The van der Waals surface area contributed by atoms with Gasteiger partial charge in [0.05, 0.1) is 16.8 Å². The molecule has 1 N–H and O–H groups in total. The molecule has 0 saturated heterocycles. The molecular formula is C15H9Cl2NO2. The van der Waals surface area contributed by atoms with Gasteiger partial charge in [-0.05, 0) is 42.5 Å². The summed E-state index contributed by atoms with van der Waals surface area (Å²) in [5.41, 5.74) is 1.61. The van der Waals surface area contributed by atoms with Crippen LogP contribution in [0.1, 0.15) is 10.4 Å². The minimum atomic E-state index is -1.02. The fraction of sp³-hybridized carbons (Fsp3) is 0. The summed E-state index contributed by atoms with van der Waals surface area (Å²) in [6, 6.07) is 12.2. The van der Waals surface area contributed by atoms with Gasteiger partial charge in [-0.2, -0.15) is 0 Å². The summed E-state index contributed by atoms with van der Waals surface area (Å²) < 4.78 is 1.81. The zero-order chi connectivity index (χ0) is 14.3. The number of aromatic nitrogens is 1. The van der Waals surface area contributed by atoms with Crippen molar-refractivity contribution < 1.29 is 9.90 Å². The molecule has 0 saturated carbocycles. The lowest BCUT2D eigenvalue weighted by atomic mass is 10.1. The second-order valence-corrected chi connectivity index (χ2v) is 5.23. The number of rotatable bonds is 2. The van der Waals surface area contributed by atoms with Gasteiger partial charge in [-0.15, -0.1) is 0 Å². The number of carbonyl (C=O) groups is 1. The van der Waals surface area contributed by atoms with E-state index in [4.69, 9.17) is 23.2 Å². The van der Waals surface area contributed by atoms with Crippen LogP contribution >= 0.6 is 23.2 Å². The Hall–Kier alpha value is -1.97. The Morgan fingerprint density at radius 1 is 1.00 bits per heavy atom. The summed E-state index contributed by atoms with van der Waals surface area (Å²) in [5.74, 6) is -1.02. The number of carboxylic acid groups (broad SMARTS) is 1. The van der Waals surface area contributed by atoms with Gasteiger partial charge in [-0.3, -0.25) is 0 Å². The standard InChI is InChI=1S/C15H9Cl2NO2/c16-10-1-3-13-9(7-10)5-6-18(13)14-4-2-11(17)8-12(14)15(19)20/h1-8H,(H,19,20). The third kappa shape index (κ3) is 2.15. The van der Waals surface area contributed by atoms with Gasteiger partial charge in [0.15, 0.2) is 0 Å². The van der Waals surface area contributed by atoms with Crippen LogP contribution in [0.25, 0.3) is 16.6 Å². The fourth-order valence-corrected chi connectivity index (χ4v) is 2.57. The van der Waals surface area contributed by atoms with Crippen molar-refractivity contribution in [2.24, 2.45) is 0 Å². The second-order valence-electron chi connectivity index (χ2n) is 4.36. The van der Waals surface area contributed by atoms with Gasteiger partial charge in [-0.1, -0.05) is 23.2 Å². The molecule has 2 aromatic carbocycles. The third-order valence-electron chi connectivity index (χ3n) is 3.10. The van der Waals surface area contributed by atoms with Gasteiger partial charge < -0.3 is 9.67 Å². The molecule has 0 aliphatic rings. The van der Waals surface area contributed by atoms with E-state index in [-0.39, 0.29) is 5.56 Å². The molecule has 20 heavy (non-hydrogen) atoms.